The summed E-state index contributed by atoms with van der Waals surface area (Å²) in [7, 11) is 0. The van der Waals surface area contributed by atoms with Gasteiger partial charge in [0.25, 0.3) is 0 Å². The van der Waals surface area contributed by atoms with Crippen LogP contribution in [0.3, 0.4) is 0 Å². The molecule has 0 unspecified atom stereocenters. The van der Waals surface area contributed by atoms with Crippen molar-refractivity contribution < 1.29 is 4.42 Å². The normalized spacial score (nSPS) is 19.8. The first-order chi connectivity index (χ1) is 8.49. The Morgan fingerprint density at radius 3 is 2.83 bits per heavy atom. The Labute approximate surface area is 111 Å². The van der Waals surface area contributed by atoms with Gasteiger partial charge in [-0.25, -0.2) is 0 Å². The third-order valence-corrected chi connectivity index (χ3v) is 3.94. The third-order valence-electron chi connectivity index (χ3n) is 3.94. The highest BCUT2D eigenvalue weighted by Crippen LogP contribution is 2.30. The highest BCUT2D eigenvalue weighted by molar-refractivity contribution is 5.17. The molecular weight excluding hydrogens is 224 g/mol. The van der Waals surface area contributed by atoms with E-state index in [1.807, 2.05) is 6.26 Å². The van der Waals surface area contributed by atoms with E-state index in [0.29, 0.717) is 11.6 Å². The van der Waals surface area contributed by atoms with Crippen LogP contribution < -0.4 is 5.32 Å². The van der Waals surface area contributed by atoms with E-state index in [1.54, 1.807) is 0 Å². The van der Waals surface area contributed by atoms with Crippen LogP contribution in [0.4, 0.5) is 0 Å². The molecule has 2 rings (SSSR count). The van der Waals surface area contributed by atoms with Crippen molar-refractivity contribution in [3.8, 4) is 0 Å². The molecule has 0 radical (unpaired) electrons. The zero-order valence-corrected chi connectivity index (χ0v) is 12.1. The standard InChI is InChI=1S/C15H26N2O/c1-12(2)16-10-14-13(6-9-18-14)11-17-8-5-7-15(17,3)4/h6,9,12,16H,5,7-8,10-11H2,1-4H3. The van der Waals surface area contributed by atoms with E-state index in [9.17, 15) is 0 Å². The molecule has 0 atom stereocenters. The average Bonchev–Trinajstić information content (AvgIpc) is 2.84. The van der Waals surface area contributed by atoms with Gasteiger partial charge in [0, 0.05) is 23.7 Å². The van der Waals surface area contributed by atoms with Crippen molar-refractivity contribution in [3.05, 3.63) is 23.7 Å². The SMILES string of the molecule is CC(C)NCc1occc1CN1CCCC1(C)C. The van der Waals surface area contributed by atoms with E-state index in [0.717, 1.165) is 18.8 Å². The summed E-state index contributed by atoms with van der Waals surface area (Å²) < 4.78 is 5.60. The summed E-state index contributed by atoms with van der Waals surface area (Å²) in [4.78, 5) is 2.57. The summed E-state index contributed by atoms with van der Waals surface area (Å²) >= 11 is 0. The highest BCUT2D eigenvalue weighted by Gasteiger charge is 2.32. The lowest BCUT2D eigenvalue weighted by Crippen LogP contribution is -2.37. The largest absolute Gasteiger partial charge is 0.468 e. The molecular formula is C15H26N2O. The molecule has 1 aromatic rings. The fourth-order valence-corrected chi connectivity index (χ4v) is 2.62. The Morgan fingerprint density at radius 1 is 1.44 bits per heavy atom. The van der Waals surface area contributed by atoms with Crippen LogP contribution in [-0.2, 0) is 13.1 Å². The number of nitrogens with one attached hydrogen (secondary N) is 1. The number of likely N-dealkylation sites (tertiary alicyclic amines) is 1. The fourth-order valence-electron chi connectivity index (χ4n) is 2.62. The minimum absolute atomic E-state index is 0.333. The summed E-state index contributed by atoms with van der Waals surface area (Å²) in [5.74, 6) is 1.09. The molecule has 1 aliphatic heterocycles. The topological polar surface area (TPSA) is 28.4 Å². The van der Waals surface area contributed by atoms with Gasteiger partial charge in [-0.3, -0.25) is 4.90 Å². The Bertz CT molecular complexity index is 382. The predicted octanol–water partition coefficient (Wildman–Crippen LogP) is 3.15. The van der Waals surface area contributed by atoms with Crippen LogP contribution in [0.15, 0.2) is 16.7 Å². The van der Waals surface area contributed by atoms with Crippen LogP contribution in [0.25, 0.3) is 0 Å². The smallest absolute Gasteiger partial charge is 0.122 e. The van der Waals surface area contributed by atoms with Gasteiger partial charge in [-0.05, 0) is 39.3 Å². The molecule has 18 heavy (non-hydrogen) atoms. The molecule has 102 valence electrons. The second-order valence-corrected chi connectivity index (χ2v) is 6.24. The van der Waals surface area contributed by atoms with Crippen LogP contribution in [0.1, 0.15) is 51.9 Å². The van der Waals surface area contributed by atoms with Gasteiger partial charge in [-0.1, -0.05) is 13.8 Å². The van der Waals surface area contributed by atoms with Gasteiger partial charge in [0.15, 0.2) is 0 Å². The lowest BCUT2D eigenvalue weighted by Gasteiger charge is -2.31. The summed E-state index contributed by atoms with van der Waals surface area (Å²) in [6.07, 6.45) is 4.42. The van der Waals surface area contributed by atoms with Gasteiger partial charge < -0.3 is 9.73 Å². The van der Waals surface area contributed by atoms with E-state index in [2.05, 4.69) is 44.0 Å². The van der Waals surface area contributed by atoms with Crippen LogP contribution in [0, 0.1) is 0 Å². The second kappa shape index (κ2) is 5.45. The zero-order valence-electron chi connectivity index (χ0n) is 12.1. The number of hydrogen-bond donors (Lipinski definition) is 1. The molecule has 0 saturated carbocycles. The first-order valence-electron chi connectivity index (χ1n) is 7.03. The van der Waals surface area contributed by atoms with Crippen molar-refractivity contribution in [2.24, 2.45) is 0 Å². The number of hydrogen-bond acceptors (Lipinski definition) is 3. The van der Waals surface area contributed by atoms with Gasteiger partial charge in [0.1, 0.15) is 5.76 Å². The third kappa shape index (κ3) is 3.15. The monoisotopic (exact) mass is 250 g/mol. The lowest BCUT2D eigenvalue weighted by molar-refractivity contribution is 0.165. The lowest BCUT2D eigenvalue weighted by atomic mass is 10.0. The van der Waals surface area contributed by atoms with Gasteiger partial charge >= 0.3 is 0 Å². The van der Waals surface area contributed by atoms with Gasteiger partial charge in [-0.2, -0.15) is 0 Å². The van der Waals surface area contributed by atoms with Crippen molar-refractivity contribution in [1.82, 2.24) is 10.2 Å². The summed E-state index contributed by atoms with van der Waals surface area (Å²) in [5, 5.41) is 3.42. The molecule has 1 saturated heterocycles. The second-order valence-electron chi connectivity index (χ2n) is 6.24. The molecule has 0 spiro atoms. The van der Waals surface area contributed by atoms with E-state index in [1.165, 1.54) is 24.9 Å². The molecule has 0 aliphatic carbocycles. The molecule has 1 fully saturated rings. The number of furan rings is 1. The number of rotatable bonds is 5. The first-order valence-corrected chi connectivity index (χ1v) is 7.03. The molecule has 0 aromatic carbocycles. The Kier molecular flexibility index (Phi) is 4.13. The Morgan fingerprint density at radius 2 is 2.22 bits per heavy atom. The summed E-state index contributed by atoms with van der Waals surface area (Å²) in [6, 6.07) is 2.61. The van der Waals surface area contributed by atoms with Crippen molar-refractivity contribution in [3.63, 3.8) is 0 Å². The summed E-state index contributed by atoms with van der Waals surface area (Å²) in [5.41, 5.74) is 1.66. The molecule has 2 heterocycles. The van der Waals surface area contributed by atoms with Gasteiger partial charge in [-0.15, -0.1) is 0 Å². The maximum absolute atomic E-state index is 5.60. The van der Waals surface area contributed by atoms with Gasteiger partial charge in [0.05, 0.1) is 12.8 Å². The fraction of sp³-hybridized carbons (Fsp3) is 0.733. The minimum Gasteiger partial charge on any atom is -0.468 e. The molecule has 0 amide bonds. The van der Waals surface area contributed by atoms with Crippen LogP contribution in [0.2, 0.25) is 0 Å². The average molecular weight is 250 g/mol. The first kappa shape index (κ1) is 13.6. The predicted molar refractivity (Wildman–Crippen MR) is 74.4 cm³/mol. The van der Waals surface area contributed by atoms with Crippen LogP contribution in [-0.4, -0.2) is 23.0 Å². The Hall–Kier alpha value is -0.800. The highest BCUT2D eigenvalue weighted by atomic mass is 16.3. The van der Waals surface area contributed by atoms with Crippen LogP contribution >= 0.6 is 0 Å². The van der Waals surface area contributed by atoms with Crippen molar-refractivity contribution in [2.45, 2.75) is 65.2 Å². The van der Waals surface area contributed by atoms with Crippen LogP contribution in [0.5, 0.6) is 0 Å². The molecule has 3 nitrogen and oxygen atoms in total. The van der Waals surface area contributed by atoms with Crippen molar-refractivity contribution in [1.29, 1.82) is 0 Å². The quantitative estimate of drug-likeness (QED) is 0.870. The molecule has 0 bridgehead atoms. The van der Waals surface area contributed by atoms with Crippen molar-refractivity contribution in [2.75, 3.05) is 6.54 Å². The van der Waals surface area contributed by atoms with E-state index in [4.69, 9.17) is 4.42 Å². The van der Waals surface area contributed by atoms with E-state index in [-0.39, 0.29) is 0 Å². The maximum atomic E-state index is 5.60. The van der Waals surface area contributed by atoms with E-state index < -0.39 is 0 Å². The molecule has 1 N–H and O–H groups in total. The van der Waals surface area contributed by atoms with Gasteiger partial charge in [0.2, 0.25) is 0 Å². The zero-order chi connectivity index (χ0) is 13.2. The van der Waals surface area contributed by atoms with E-state index >= 15 is 0 Å². The number of nitrogens with zero attached hydrogens (tertiary/aromatic N) is 1. The Balaban J connectivity index is 1.99. The van der Waals surface area contributed by atoms with Crippen molar-refractivity contribution >= 4 is 0 Å². The maximum Gasteiger partial charge on any atom is 0.122 e. The summed E-state index contributed by atoms with van der Waals surface area (Å²) in [6.45, 7) is 12.0. The molecule has 1 aromatic heterocycles. The minimum atomic E-state index is 0.333. The molecule has 1 aliphatic rings. The molecule has 3 heteroatoms.